The van der Waals surface area contributed by atoms with Crippen LogP contribution in [0.3, 0.4) is 0 Å². The SMILES string of the molecule is CCC(C)N(CC)C(=O)c1cc(F)ccc1Oc1cncnc1N1CC2(CC(Oc3ccnc4c3CN(CCC(C)(C)O)CC4)C2)C1. The molecule has 252 valence electrons. The number of hydrogen-bond donors (Lipinski definition) is 1. The topological polar surface area (TPSA) is 104 Å². The Labute approximate surface area is 276 Å². The maximum absolute atomic E-state index is 14.4. The molecule has 4 heterocycles. The van der Waals surface area contributed by atoms with Gasteiger partial charge in [-0.3, -0.25) is 14.7 Å². The van der Waals surface area contributed by atoms with Crippen LogP contribution in [0.5, 0.6) is 17.2 Å². The lowest BCUT2D eigenvalue weighted by Crippen LogP contribution is -2.65. The molecule has 1 saturated carbocycles. The van der Waals surface area contributed by atoms with E-state index >= 15 is 0 Å². The highest BCUT2D eigenvalue weighted by Crippen LogP contribution is 2.52. The third-order valence-corrected chi connectivity index (χ3v) is 9.93. The quantitative estimate of drug-likeness (QED) is 0.268. The normalized spacial score (nSPS) is 18.2. The van der Waals surface area contributed by atoms with Gasteiger partial charge in [0.1, 0.15) is 29.7 Å². The number of halogens is 1. The Morgan fingerprint density at radius 1 is 1.17 bits per heavy atom. The molecule has 1 aromatic carbocycles. The Morgan fingerprint density at radius 2 is 1.96 bits per heavy atom. The van der Waals surface area contributed by atoms with Crippen molar-refractivity contribution in [2.45, 2.75) is 91.0 Å². The van der Waals surface area contributed by atoms with Crippen molar-refractivity contribution in [2.24, 2.45) is 5.41 Å². The van der Waals surface area contributed by atoms with E-state index in [1.165, 1.54) is 30.1 Å². The zero-order valence-electron chi connectivity index (χ0n) is 28.2. The van der Waals surface area contributed by atoms with Gasteiger partial charge in [0.15, 0.2) is 11.6 Å². The Kier molecular flexibility index (Phi) is 9.40. The summed E-state index contributed by atoms with van der Waals surface area (Å²) in [4.78, 5) is 33.1. The van der Waals surface area contributed by atoms with Crippen LogP contribution in [0.25, 0.3) is 0 Å². The number of hydrogen-bond acceptors (Lipinski definition) is 9. The first kappa shape index (κ1) is 33.1. The molecule has 1 N–H and O–H groups in total. The van der Waals surface area contributed by atoms with Crippen LogP contribution in [-0.2, 0) is 13.0 Å². The van der Waals surface area contributed by atoms with Gasteiger partial charge in [0.05, 0.1) is 17.4 Å². The number of pyridine rings is 1. The van der Waals surface area contributed by atoms with Crippen molar-refractivity contribution in [3.8, 4) is 17.2 Å². The van der Waals surface area contributed by atoms with Gasteiger partial charge in [0.25, 0.3) is 5.91 Å². The summed E-state index contributed by atoms with van der Waals surface area (Å²) in [6.45, 7) is 14.3. The lowest BCUT2D eigenvalue weighted by atomic mass is 9.61. The zero-order valence-corrected chi connectivity index (χ0v) is 28.2. The predicted molar refractivity (Wildman–Crippen MR) is 177 cm³/mol. The summed E-state index contributed by atoms with van der Waals surface area (Å²) in [6.07, 6.45) is 9.37. The first-order valence-electron chi connectivity index (χ1n) is 16.9. The molecule has 0 bridgehead atoms. The zero-order chi connectivity index (χ0) is 33.3. The standard InChI is InChI=1S/C36H47FN6O4/c1-6-24(3)43(7-2)34(44)27-16-25(37)8-9-30(27)47-32-19-38-23-40-33(32)42-21-36(22-42)17-26(18-36)46-31-10-13-39-29-11-14-41(20-28(29)31)15-12-35(4,5)45/h8-10,13,16,19,23-24,26,45H,6-7,11-12,14-15,17-18,20-22H2,1-5H3. The number of aliphatic hydroxyl groups is 1. The second-order valence-corrected chi connectivity index (χ2v) is 14.1. The van der Waals surface area contributed by atoms with Gasteiger partial charge < -0.3 is 24.4 Å². The van der Waals surface area contributed by atoms with Crippen LogP contribution in [0, 0.1) is 11.2 Å². The van der Waals surface area contributed by atoms with E-state index in [-0.39, 0.29) is 34.8 Å². The monoisotopic (exact) mass is 646 g/mol. The van der Waals surface area contributed by atoms with Gasteiger partial charge in [0.2, 0.25) is 0 Å². The minimum Gasteiger partial charge on any atom is -0.490 e. The number of carbonyl (C=O) groups excluding carboxylic acids is 1. The van der Waals surface area contributed by atoms with Crippen LogP contribution in [0.2, 0.25) is 0 Å². The fraction of sp³-hybridized carbons (Fsp3) is 0.556. The maximum Gasteiger partial charge on any atom is 0.257 e. The molecule has 47 heavy (non-hydrogen) atoms. The molecule has 3 aromatic rings. The van der Waals surface area contributed by atoms with Crippen LogP contribution >= 0.6 is 0 Å². The molecule has 3 aliphatic rings. The fourth-order valence-electron chi connectivity index (χ4n) is 7.07. The molecule has 0 radical (unpaired) electrons. The highest BCUT2D eigenvalue weighted by Gasteiger charge is 2.54. The van der Waals surface area contributed by atoms with Crippen LogP contribution in [0.4, 0.5) is 10.2 Å². The number of rotatable bonds is 12. The number of benzene rings is 1. The summed E-state index contributed by atoms with van der Waals surface area (Å²) in [5.74, 6) is 1.52. The summed E-state index contributed by atoms with van der Waals surface area (Å²) >= 11 is 0. The molecule has 10 nitrogen and oxygen atoms in total. The second kappa shape index (κ2) is 13.4. The molecule has 2 fully saturated rings. The number of aromatic nitrogens is 3. The molecule has 6 rings (SSSR count). The number of anilines is 1. The molecule has 1 unspecified atom stereocenters. The van der Waals surface area contributed by atoms with Crippen molar-refractivity contribution < 1.29 is 23.8 Å². The Hall–Kier alpha value is -3.83. The largest absolute Gasteiger partial charge is 0.490 e. The summed E-state index contributed by atoms with van der Waals surface area (Å²) in [7, 11) is 0. The summed E-state index contributed by atoms with van der Waals surface area (Å²) in [5, 5.41) is 10.2. The minimum absolute atomic E-state index is 0.00923. The minimum atomic E-state index is -0.684. The van der Waals surface area contributed by atoms with Gasteiger partial charge in [-0.2, -0.15) is 0 Å². The van der Waals surface area contributed by atoms with E-state index in [0.29, 0.717) is 18.1 Å². The van der Waals surface area contributed by atoms with Crippen molar-refractivity contribution >= 4 is 11.7 Å². The Morgan fingerprint density at radius 3 is 2.68 bits per heavy atom. The van der Waals surface area contributed by atoms with E-state index in [9.17, 15) is 14.3 Å². The Bertz CT molecular complexity index is 1580. The number of carbonyl (C=O) groups is 1. The number of ether oxygens (including phenoxy) is 2. The van der Waals surface area contributed by atoms with Gasteiger partial charge in [0, 0.05) is 74.6 Å². The molecule has 1 aliphatic carbocycles. The first-order valence-corrected chi connectivity index (χ1v) is 16.9. The van der Waals surface area contributed by atoms with Crippen molar-refractivity contribution in [3.63, 3.8) is 0 Å². The van der Waals surface area contributed by atoms with Crippen LogP contribution in [0.1, 0.15) is 81.9 Å². The third kappa shape index (κ3) is 7.21. The van der Waals surface area contributed by atoms with E-state index in [1.807, 2.05) is 46.9 Å². The molecule has 1 atom stereocenters. The van der Waals surface area contributed by atoms with E-state index in [4.69, 9.17) is 9.47 Å². The lowest BCUT2D eigenvalue weighted by Gasteiger charge is -2.59. The van der Waals surface area contributed by atoms with E-state index in [0.717, 1.165) is 76.3 Å². The number of nitrogens with zero attached hydrogens (tertiary/aromatic N) is 6. The van der Waals surface area contributed by atoms with E-state index in [2.05, 4.69) is 24.8 Å². The molecule has 11 heteroatoms. The Balaban J connectivity index is 1.09. The molecular weight excluding hydrogens is 599 g/mol. The number of fused-ring (bicyclic) bond motifs is 1. The van der Waals surface area contributed by atoms with Crippen LogP contribution in [0.15, 0.2) is 43.0 Å². The van der Waals surface area contributed by atoms with Gasteiger partial charge in [-0.05, 0) is 77.6 Å². The highest BCUT2D eigenvalue weighted by atomic mass is 19.1. The van der Waals surface area contributed by atoms with Crippen molar-refractivity contribution in [1.82, 2.24) is 24.8 Å². The first-order chi connectivity index (χ1) is 22.5. The van der Waals surface area contributed by atoms with Crippen LogP contribution in [-0.4, -0.2) is 86.2 Å². The van der Waals surface area contributed by atoms with Gasteiger partial charge in [-0.15, -0.1) is 0 Å². The third-order valence-electron chi connectivity index (χ3n) is 9.93. The van der Waals surface area contributed by atoms with Crippen molar-refractivity contribution in [3.05, 3.63) is 65.6 Å². The summed E-state index contributed by atoms with van der Waals surface area (Å²) in [5.41, 5.74) is 1.91. The van der Waals surface area contributed by atoms with Gasteiger partial charge >= 0.3 is 0 Å². The smallest absolute Gasteiger partial charge is 0.257 e. The van der Waals surface area contributed by atoms with Crippen LogP contribution < -0.4 is 14.4 Å². The summed E-state index contributed by atoms with van der Waals surface area (Å²) in [6, 6.07) is 6.04. The van der Waals surface area contributed by atoms with E-state index < -0.39 is 11.4 Å². The highest BCUT2D eigenvalue weighted by molar-refractivity contribution is 5.97. The second-order valence-electron chi connectivity index (χ2n) is 14.1. The van der Waals surface area contributed by atoms with Gasteiger partial charge in [-0.25, -0.2) is 14.4 Å². The number of amides is 1. The summed E-state index contributed by atoms with van der Waals surface area (Å²) < 4.78 is 27.2. The molecule has 2 aromatic heterocycles. The molecule has 2 aliphatic heterocycles. The molecule has 1 amide bonds. The van der Waals surface area contributed by atoms with Crippen molar-refractivity contribution in [2.75, 3.05) is 37.6 Å². The molecular formula is C36H47FN6O4. The van der Waals surface area contributed by atoms with Gasteiger partial charge in [-0.1, -0.05) is 6.92 Å². The molecule has 1 saturated heterocycles. The fourth-order valence-corrected chi connectivity index (χ4v) is 7.07. The van der Waals surface area contributed by atoms with E-state index in [1.54, 1.807) is 11.1 Å². The maximum atomic E-state index is 14.4. The lowest BCUT2D eigenvalue weighted by molar-refractivity contribution is -0.0353. The van der Waals surface area contributed by atoms with Crippen molar-refractivity contribution in [1.29, 1.82) is 0 Å². The average molecular weight is 647 g/mol. The predicted octanol–water partition coefficient (Wildman–Crippen LogP) is 5.63. The average Bonchev–Trinajstić information content (AvgIpc) is 3.01. The molecule has 1 spiro atoms.